The highest BCUT2D eigenvalue weighted by Gasteiger charge is 2.39. The maximum Gasteiger partial charge on any atom is 0.117 e. The Labute approximate surface area is 361 Å². The molecular weight excluding hydrogens is 751 g/mol. The summed E-state index contributed by atoms with van der Waals surface area (Å²) in [6.07, 6.45) is 0. The van der Waals surface area contributed by atoms with Crippen LogP contribution in [0.4, 0.5) is 11.4 Å². The van der Waals surface area contributed by atoms with E-state index in [2.05, 4.69) is 223 Å². The molecule has 1 aliphatic heterocycles. The van der Waals surface area contributed by atoms with E-state index in [0.717, 1.165) is 0 Å². The maximum absolute atomic E-state index is 2.51. The second kappa shape index (κ2) is 12.5. The molecule has 0 radical (unpaired) electrons. The lowest BCUT2D eigenvalue weighted by molar-refractivity contribution is 0.660. The second-order valence-electron chi connectivity index (χ2n) is 19.4. The first kappa shape index (κ1) is 36.4. The van der Waals surface area contributed by atoms with Crippen molar-refractivity contribution in [2.45, 2.75) is 51.6 Å². The van der Waals surface area contributed by atoms with Gasteiger partial charge in [-0.2, -0.15) is 0 Å². The fraction of sp³-hybridized carbons (Fsp3) is 0.153. The lowest BCUT2D eigenvalue weighted by atomic mass is 9.80. The van der Waals surface area contributed by atoms with E-state index in [1.807, 2.05) is 0 Å². The third kappa shape index (κ3) is 4.94. The van der Waals surface area contributed by atoms with Crippen LogP contribution >= 0.6 is 0 Å². The molecule has 0 N–H and O–H groups in total. The zero-order valence-corrected chi connectivity index (χ0v) is 37.1. The highest BCUT2D eigenvalue weighted by Crippen LogP contribution is 2.53. The van der Waals surface area contributed by atoms with Crippen LogP contribution in [0.15, 0.2) is 170 Å². The van der Waals surface area contributed by atoms with Gasteiger partial charge in [0.25, 0.3) is 0 Å². The summed E-state index contributed by atoms with van der Waals surface area (Å²) >= 11 is 0. The van der Waals surface area contributed by atoms with Crippen molar-refractivity contribution in [1.82, 2.24) is 0 Å². The molecule has 2 heteroatoms. The summed E-state index contributed by atoms with van der Waals surface area (Å²) < 4.78 is 0. The average molecular weight is 800 g/mol. The second-order valence-corrected chi connectivity index (χ2v) is 23.7. The predicted molar refractivity (Wildman–Crippen MR) is 264 cm³/mol. The van der Waals surface area contributed by atoms with Gasteiger partial charge in [0.05, 0.1) is 0 Å². The Bertz CT molecular complexity index is 3360. The fourth-order valence-corrected chi connectivity index (χ4v) is 14.9. The van der Waals surface area contributed by atoms with E-state index in [0.29, 0.717) is 0 Å². The van der Waals surface area contributed by atoms with Crippen molar-refractivity contribution in [3.8, 4) is 55.6 Å². The molecule has 1 heterocycles. The standard InChI is InChI=1S/C59H49NSi/c1-58(2)48-20-12-10-16-40(48)42-28-24-37(33-50(42)58)36-25-30-46-47(32-36)57(38-26-29-43-41-17-11-13-21-49(41)59(3,4)51(43)34-38)45-19-9-8-18-44(45)56(46)39-27-31-55-53(35-39)60(5)52-22-14-15-23-54(52)61(55,6)7/h8-35H,1-7H3. The Kier molecular flexibility index (Phi) is 7.47. The highest BCUT2D eigenvalue weighted by atomic mass is 28.3. The molecule has 0 bridgehead atoms. The van der Waals surface area contributed by atoms with E-state index in [1.165, 1.54) is 121 Å². The molecule has 0 fully saturated rings. The Balaban J connectivity index is 1.12. The van der Waals surface area contributed by atoms with Gasteiger partial charge in [0, 0.05) is 29.3 Å². The van der Waals surface area contributed by atoms with Gasteiger partial charge < -0.3 is 4.90 Å². The van der Waals surface area contributed by atoms with Crippen LogP contribution in [0.5, 0.6) is 0 Å². The number of nitrogens with zero attached hydrogens (tertiary/aromatic N) is 1. The maximum atomic E-state index is 2.51. The van der Waals surface area contributed by atoms with Crippen molar-refractivity contribution < 1.29 is 0 Å². The minimum absolute atomic E-state index is 0.0698. The topological polar surface area (TPSA) is 3.24 Å². The molecule has 9 aromatic carbocycles. The lowest BCUT2D eigenvalue weighted by Crippen LogP contribution is -2.58. The van der Waals surface area contributed by atoms with Gasteiger partial charge in [0.15, 0.2) is 0 Å². The Morgan fingerprint density at radius 3 is 1.48 bits per heavy atom. The van der Waals surface area contributed by atoms with Gasteiger partial charge in [-0.15, -0.1) is 0 Å². The van der Waals surface area contributed by atoms with E-state index in [-0.39, 0.29) is 10.8 Å². The number of anilines is 2. The molecule has 0 spiro atoms. The molecule has 0 saturated heterocycles. The van der Waals surface area contributed by atoms with Gasteiger partial charge in [-0.1, -0.05) is 180 Å². The van der Waals surface area contributed by atoms with Crippen molar-refractivity contribution in [3.63, 3.8) is 0 Å². The Morgan fingerprint density at radius 2 is 0.803 bits per heavy atom. The summed E-state index contributed by atoms with van der Waals surface area (Å²) in [4.78, 5) is 2.43. The number of hydrogen-bond donors (Lipinski definition) is 0. The molecule has 0 unspecified atom stereocenters. The first-order chi connectivity index (χ1) is 29.4. The molecular formula is C59H49NSi. The van der Waals surface area contributed by atoms with Crippen molar-refractivity contribution in [2.24, 2.45) is 0 Å². The third-order valence-electron chi connectivity index (χ3n) is 15.1. The zero-order chi connectivity index (χ0) is 41.6. The van der Waals surface area contributed by atoms with Gasteiger partial charge in [-0.3, -0.25) is 0 Å². The van der Waals surface area contributed by atoms with E-state index in [4.69, 9.17) is 0 Å². The van der Waals surface area contributed by atoms with Crippen molar-refractivity contribution in [2.75, 3.05) is 11.9 Å². The number of rotatable bonds is 3. The summed E-state index contributed by atoms with van der Waals surface area (Å²) in [6, 6.07) is 65.3. The van der Waals surface area contributed by atoms with Crippen LogP contribution in [0.1, 0.15) is 49.9 Å². The average Bonchev–Trinajstić information content (AvgIpc) is 3.66. The van der Waals surface area contributed by atoms with Gasteiger partial charge in [-0.25, -0.2) is 0 Å². The van der Waals surface area contributed by atoms with Crippen molar-refractivity contribution in [3.05, 3.63) is 192 Å². The molecule has 1 nitrogen and oxygen atoms in total. The number of hydrogen-bond acceptors (Lipinski definition) is 1. The summed E-state index contributed by atoms with van der Waals surface area (Å²) in [5.41, 5.74) is 21.2. The minimum Gasteiger partial charge on any atom is -0.345 e. The van der Waals surface area contributed by atoms with Crippen LogP contribution in [-0.2, 0) is 10.8 Å². The molecule has 61 heavy (non-hydrogen) atoms. The van der Waals surface area contributed by atoms with Crippen LogP contribution in [-0.4, -0.2) is 15.1 Å². The lowest BCUT2D eigenvalue weighted by Gasteiger charge is -2.39. The molecule has 0 saturated carbocycles. The van der Waals surface area contributed by atoms with Crippen molar-refractivity contribution in [1.29, 1.82) is 0 Å². The van der Waals surface area contributed by atoms with Crippen LogP contribution in [0.25, 0.3) is 77.2 Å². The molecule has 294 valence electrons. The molecule has 0 atom stereocenters. The van der Waals surface area contributed by atoms with Gasteiger partial charge >= 0.3 is 0 Å². The third-order valence-corrected chi connectivity index (χ3v) is 18.6. The molecule has 3 aliphatic rings. The molecule has 0 aromatic heterocycles. The monoisotopic (exact) mass is 799 g/mol. The summed E-state index contributed by atoms with van der Waals surface area (Å²) in [7, 11) is 0.324. The number of benzene rings is 9. The molecule has 9 aromatic rings. The smallest absolute Gasteiger partial charge is 0.117 e. The SMILES string of the molecule is CN1c2ccccc2[Si](C)(C)c2ccc(-c3c4ccccc4c(-c4ccc5c(c4)C(C)(C)c4ccccc4-5)c4cc(-c5ccc6c(c5)C(C)(C)c5ccccc5-6)ccc34)cc21. The van der Waals surface area contributed by atoms with E-state index < -0.39 is 8.07 Å². The van der Waals surface area contributed by atoms with Crippen LogP contribution < -0.4 is 15.3 Å². The van der Waals surface area contributed by atoms with E-state index in [9.17, 15) is 0 Å². The first-order valence-electron chi connectivity index (χ1n) is 21.9. The first-order valence-corrected chi connectivity index (χ1v) is 24.9. The summed E-state index contributed by atoms with van der Waals surface area (Å²) in [5.74, 6) is 0. The summed E-state index contributed by atoms with van der Waals surface area (Å²) in [5, 5.41) is 8.14. The van der Waals surface area contributed by atoms with Crippen LogP contribution in [0.2, 0.25) is 13.1 Å². The molecule has 2 aliphatic carbocycles. The van der Waals surface area contributed by atoms with E-state index in [1.54, 1.807) is 0 Å². The zero-order valence-electron chi connectivity index (χ0n) is 36.1. The predicted octanol–water partition coefficient (Wildman–Crippen LogP) is 14.5. The van der Waals surface area contributed by atoms with Gasteiger partial charge in [0.2, 0.25) is 0 Å². The van der Waals surface area contributed by atoms with Crippen molar-refractivity contribution >= 4 is 51.4 Å². The van der Waals surface area contributed by atoms with Crippen LogP contribution in [0.3, 0.4) is 0 Å². The van der Waals surface area contributed by atoms with Crippen LogP contribution in [0, 0.1) is 0 Å². The Morgan fingerprint density at radius 1 is 0.361 bits per heavy atom. The normalized spacial score (nSPS) is 15.8. The molecule has 12 rings (SSSR count). The largest absolute Gasteiger partial charge is 0.345 e. The quantitative estimate of drug-likeness (QED) is 0.127. The molecule has 0 amide bonds. The van der Waals surface area contributed by atoms with Gasteiger partial charge in [0.1, 0.15) is 8.07 Å². The van der Waals surface area contributed by atoms with E-state index >= 15 is 0 Å². The summed E-state index contributed by atoms with van der Waals surface area (Å²) in [6.45, 7) is 14.6. The van der Waals surface area contributed by atoms with Gasteiger partial charge in [-0.05, 0) is 140 Å². The number of fused-ring (bicyclic) bond motifs is 10. The highest BCUT2D eigenvalue weighted by molar-refractivity contribution is 7.02. The number of para-hydroxylation sites is 1. The fourth-order valence-electron chi connectivity index (χ4n) is 11.8. The Hall–Kier alpha value is -6.48. The minimum atomic E-state index is -1.93.